The number of rotatable bonds is 5. The molecule has 0 bridgehead atoms. The number of hydrogen-bond acceptors (Lipinski definition) is 3. The summed E-state index contributed by atoms with van der Waals surface area (Å²) in [5.74, 6) is 0.0208. The molecular weight excluding hydrogens is 285 g/mol. The van der Waals surface area contributed by atoms with Gasteiger partial charge in [0.1, 0.15) is 5.54 Å². The van der Waals surface area contributed by atoms with Crippen molar-refractivity contribution in [1.29, 1.82) is 0 Å². The Morgan fingerprint density at radius 1 is 1.42 bits per heavy atom. The van der Waals surface area contributed by atoms with Gasteiger partial charge in [0, 0.05) is 15.6 Å². The number of carbonyl (C=O) groups is 1. The molecule has 1 aromatic carbocycles. The van der Waals surface area contributed by atoms with E-state index in [4.69, 9.17) is 27.9 Å². The van der Waals surface area contributed by atoms with Crippen molar-refractivity contribution in [2.75, 3.05) is 13.7 Å². The highest BCUT2D eigenvalue weighted by Gasteiger charge is 2.37. The zero-order chi connectivity index (χ0) is 14.6. The van der Waals surface area contributed by atoms with Gasteiger partial charge in [0.05, 0.1) is 7.11 Å². The van der Waals surface area contributed by atoms with Crippen molar-refractivity contribution in [3.63, 3.8) is 0 Å². The fourth-order valence-corrected chi connectivity index (χ4v) is 2.38. The second-order valence-corrected chi connectivity index (χ2v) is 5.86. The fraction of sp³-hybridized carbons (Fsp3) is 0.500. The number of methoxy groups -OCH3 is 1. The maximum Gasteiger partial charge on any atom is 0.330 e. The van der Waals surface area contributed by atoms with Crippen LogP contribution < -0.4 is 5.32 Å². The predicted octanol–water partition coefficient (Wildman–Crippen LogP) is 3.63. The summed E-state index contributed by atoms with van der Waals surface area (Å²) in [6.45, 7) is 6.56. The van der Waals surface area contributed by atoms with Crippen LogP contribution in [0.4, 0.5) is 0 Å². The Balaban J connectivity index is 3.18. The van der Waals surface area contributed by atoms with Crippen LogP contribution in [0.2, 0.25) is 10.0 Å². The molecule has 1 aromatic rings. The van der Waals surface area contributed by atoms with E-state index < -0.39 is 5.54 Å². The average molecular weight is 304 g/mol. The van der Waals surface area contributed by atoms with Crippen molar-refractivity contribution in [2.45, 2.75) is 26.3 Å². The van der Waals surface area contributed by atoms with Crippen LogP contribution in [0, 0.1) is 5.92 Å². The predicted molar refractivity (Wildman–Crippen MR) is 78.7 cm³/mol. The van der Waals surface area contributed by atoms with Crippen LogP contribution in [0.1, 0.15) is 26.3 Å². The number of nitrogens with one attached hydrogen (secondary N) is 1. The van der Waals surface area contributed by atoms with E-state index >= 15 is 0 Å². The molecule has 0 amide bonds. The lowest BCUT2D eigenvalue weighted by atomic mass is 9.91. The normalized spacial score (nSPS) is 14.3. The third kappa shape index (κ3) is 3.85. The third-order valence-corrected chi connectivity index (χ3v) is 3.48. The zero-order valence-electron chi connectivity index (χ0n) is 11.6. The monoisotopic (exact) mass is 303 g/mol. The molecule has 1 unspecified atom stereocenters. The fourth-order valence-electron chi connectivity index (χ4n) is 1.78. The summed E-state index contributed by atoms with van der Waals surface area (Å²) in [5.41, 5.74) is -0.327. The molecule has 0 radical (unpaired) electrons. The van der Waals surface area contributed by atoms with Crippen LogP contribution in [0.15, 0.2) is 18.2 Å². The summed E-state index contributed by atoms with van der Waals surface area (Å²) in [4.78, 5) is 12.1. The van der Waals surface area contributed by atoms with E-state index in [1.54, 1.807) is 25.1 Å². The Bertz CT molecular complexity index is 463. The highest BCUT2D eigenvalue weighted by molar-refractivity contribution is 6.35. The minimum Gasteiger partial charge on any atom is -0.467 e. The molecule has 0 heterocycles. The van der Waals surface area contributed by atoms with Crippen molar-refractivity contribution in [2.24, 2.45) is 5.92 Å². The Morgan fingerprint density at radius 3 is 2.53 bits per heavy atom. The van der Waals surface area contributed by atoms with Crippen LogP contribution >= 0.6 is 23.2 Å². The lowest BCUT2D eigenvalue weighted by Crippen LogP contribution is -2.48. The standard InChI is InChI=1S/C14H19Cl2NO2/c1-9(2)8-17-14(3,13(18)19-4)11-6-5-10(15)7-12(11)16/h5-7,9,17H,8H2,1-4H3. The van der Waals surface area contributed by atoms with Crippen LogP contribution in [0.25, 0.3) is 0 Å². The van der Waals surface area contributed by atoms with Gasteiger partial charge in [-0.25, -0.2) is 4.79 Å². The first-order valence-corrected chi connectivity index (χ1v) is 6.85. The number of carbonyl (C=O) groups excluding carboxylic acids is 1. The Labute approximate surface area is 124 Å². The molecule has 0 aliphatic rings. The van der Waals surface area contributed by atoms with Crippen LogP contribution in [-0.2, 0) is 15.1 Å². The van der Waals surface area contributed by atoms with Gasteiger partial charge < -0.3 is 4.74 Å². The smallest absolute Gasteiger partial charge is 0.330 e. The molecule has 1 N–H and O–H groups in total. The number of ether oxygens (including phenoxy) is 1. The number of hydrogen-bond donors (Lipinski definition) is 1. The molecule has 0 aliphatic heterocycles. The Morgan fingerprint density at radius 2 is 2.05 bits per heavy atom. The first-order chi connectivity index (χ1) is 8.81. The van der Waals surface area contributed by atoms with Gasteiger partial charge in [-0.15, -0.1) is 0 Å². The van der Waals surface area contributed by atoms with Gasteiger partial charge >= 0.3 is 5.97 Å². The highest BCUT2D eigenvalue weighted by Crippen LogP contribution is 2.31. The Hall–Kier alpha value is -0.770. The van der Waals surface area contributed by atoms with Gasteiger partial charge in [0.15, 0.2) is 0 Å². The van der Waals surface area contributed by atoms with Crippen molar-refractivity contribution in [1.82, 2.24) is 5.32 Å². The summed E-state index contributed by atoms with van der Waals surface area (Å²) in [5, 5.41) is 4.19. The van der Waals surface area contributed by atoms with Gasteiger partial charge in [-0.3, -0.25) is 5.32 Å². The molecule has 106 valence electrons. The van der Waals surface area contributed by atoms with E-state index in [0.717, 1.165) is 0 Å². The highest BCUT2D eigenvalue weighted by atomic mass is 35.5. The van der Waals surface area contributed by atoms with Crippen molar-refractivity contribution in [3.8, 4) is 0 Å². The molecular formula is C14H19Cl2NO2. The largest absolute Gasteiger partial charge is 0.467 e. The average Bonchev–Trinajstić information content (AvgIpc) is 2.34. The maximum atomic E-state index is 12.1. The number of halogens is 2. The Kier molecular flexibility index (Phi) is 5.65. The summed E-state index contributed by atoms with van der Waals surface area (Å²) in [6.07, 6.45) is 0. The second kappa shape index (κ2) is 6.60. The number of esters is 1. The van der Waals surface area contributed by atoms with E-state index in [1.165, 1.54) is 7.11 Å². The maximum absolute atomic E-state index is 12.1. The summed E-state index contributed by atoms with van der Waals surface area (Å²) in [7, 11) is 1.36. The van der Waals surface area contributed by atoms with E-state index in [2.05, 4.69) is 19.2 Å². The molecule has 1 rings (SSSR count). The quantitative estimate of drug-likeness (QED) is 0.844. The first kappa shape index (κ1) is 16.3. The second-order valence-electron chi connectivity index (χ2n) is 5.02. The molecule has 0 saturated heterocycles. The molecule has 1 atom stereocenters. The van der Waals surface area contributed by atoms with Gasteiger partial charge in [0.25, 0.3) is 0 Å². The molecule has 0 spiro atoms. The van der Waals surface area contributed by atoms with E-state index in [-0.39, 0.29) is 5.97 Å². The minimum atomic E-state index is -0.985. The van der Waals surface area contributed by atoms with Crippen LogP contribution in [0.3, 0.4) is 0 Å². The molecule has 5 heteroatoms. The minimum absolute atomic E-state index is 0.377. The lowest BCUT2D eigenvalue weighted by molar-refractivity contribution is -0.148. The first-order valence-electron chi connectivity index (χ1n) is 6.10. The van der Waals surface area contributed by atoms with Crippen molar-refractivity contribution < 1.29 is 9.53 Å². The van der Waals surface area contributed by atoms with Gasteiger partial charge in [-0.1, -0.05) is 43.1 Å². The van der Waals surface area contributed by atoms with Crippen LogP contribution in [0.5, 0.6) is 0 Å². The van der Waals surface area contributed by atoms with E-state index in [9.17, 15) is 4.79 Å². The molecule has 0 aliphatic carbocycles. The van der Waals surface area contributed by atoms with E-state index in [0.29, 0.717) is 28.1 Å². The van der Waals surface area contributed by atoms with Gasteiger partial charge in [0.2, 0.25) is 0 Å². The summed E-state index contributed by atoms with van der Waals surface area (Å²) < 4.78 is 4.89. The topological polar surface area (TPSA) is 38.3 Å². The third-order valence-electron chi connectivity index (χ3n) is 2.93. The molecule has 0 aromatic heterocycles. The summed E-state index contributed by atoms with van der Waals surface area (Å²) in [6, 6.07) is 5.08. The lowest BCUT2D eigenvalue weighted by Gasteiger charge is -2.30. The molecule has 19 heavy (non-hydrogen) atoms. The molecule has 0 saturated carbocycles. The van der Waals surface area contributed by atoms with E-state index in [1.807, 2.05) is 0 Å². The summed E-state index contributed by atoms with van der Waals surface area (Å²) >= 11 is 12.1. The van der Waals surface area contributed by atoms with Gasteiger partial charge in [-0.05, 0) is 31.5 Å². The van der Waals surface area contributed by atoms with Gasteiger partial charge in [-0.2, -0.15) is 0 Å². The molecule has 3 nitrogen and oxygen atoms in total. The SMILES string of the molecule is COC(=O)C(C)(NCC(C)C)c1ccc(Cl)cc1Cl. The molecule has 0 fully saturated rings. The number of benzene rings is 1. The van der Waals surface area contributed by atoms with Crippen LogP contribution in [-0.4, -0.2) is 19.6 Å². The van der Waals surface area contributed by atoms with Crippen molar-refractivity contribution in [3.05, 3.63) is 33.8 Å². The van der Waals surface area contributed by atoms with Crippen molar-refractivity contribution >= 4 is 29.2 Å². The zero-order valence-corrected chi connectivity index (χ0v) is 13.1.